The van der Waals surface area contributed by atoms with Crippen molar-refractivity contribution in [3.8, 4) is 0 Å². The predicted molar refractivity (Wildman–Crippen MR) is 59.4 cm³/mol. The summed E-state index contributed by atoms with van der Waals surface area (Å²) in [4.78, 5) is 8.57. The van der Waals surface area contributed by atoms with Crippen molar-refractivity contribution in [3.05, 3.63) is 6.58 Å². The third-order valence-electron chi connectivity index (χ3n) is 1.63. The van der Waals surface area contributed by atoms with Crippen molar-refractivity contribution < 1.29 is 24.1 Å². The number of hydrogen-bond donors (Lipinski definition) is 1. The number of aliphatic hydroxyl groups is 1. The Morgan fingerprint density at radius 2 is 2.31 bits per heavy atom. The van der Waals surface area contributed by atoms with E-state index in [0.717, 1.165) is 6.61 Å². The zero-order valence-electron chi connectivity index (χ0n) is 9.06. The van der Waals surface area contributed by atoms with Crippen molar-refractivity contribution in [2.24, 2.45) is 0 Å². The second kappa shape index (κ2) is 11.1. The second-order valence-electron chi connectivity index (χ2n) is 3.01. The first kappa shape index (κ1) is 15.6. The molecule has 1 rings (SSSR count). The summed E-state index contributed by atoms with van der Waals surface area (Å²) in [6, 6.07) is 0. The Balaban J connectivity index is 0.000000673. The topological polar surface area (TPSA) is 68.3 Å². The minimum absolute atomic E-state index is 0.0130. The molecular weight excluding hydrogens is 236 g/mol. The molecule has 16 heavy (non-hydrogen) atoms. The van der Waals surface area contributed by atoms with Gasteiger partial charge in [-0.05, 0) is 6.58 Å². The van der Waals surface area contributed by atoms with E-state index in [2.05, 4.69) is 6.58 Å². The highest BCUT2D eigenvalue weighted by atomic mass is 35.5. The normalized spacial score (nSPS) is 19.2. The van der Waals surface area contributed by atoms with Crippen molar-refractivity contribution in [2.45, 2.75) is 12.2 Å². The number of aliphatic hydroxyl groups excluding tert-OH is 1. The molecule has 2 unspecified atom stereocenters. The molecule has 0 aromatic carbocycles. The third kappa shape index (κ3) is 10.1. The van der Waals surface area contributed by atoms with Gasteiger partial charge in [-0.1, -0.05) is 0 Å². The van der Waals surface area contributed by atoms with Crippen LogP contribution < -0.4 is 0 Å². The highest BCUT2D eigenvalue weighted by Crippen LogP contribution is 2.09. The molecule has 0 saturated carbocycles. The van der Waals surface area contributed by atoms with Crippen LogP contribution in [0.1, 0.15) is 0 Å². The van der Waals surface area contributed by atoms with Crippen LogP contribution in [0.3, 0.4) is 0 Å². The molecule has 0 bridgehead atoms. The average molecular weight is 253 g/mol. The van der Waals surface area contributed by atoms with E-state index in [1.807, 2.05) is 0 Å². The molecule has 1 heterocycles. The summed E-state index contributed by atoms with van der Waals surface area (Å²) >= 11 is 5.62. The van der Waals surface area contributed by atoms with Crippen LogP contribution in [0.5, 0.6) is 0 Å². The summed E-state index contributed by atoms with van der Waals surface area (Å²) in [5.41, 5.74) is 0. The van der Waals surface area contributed by atoms with Gasteiger partial charge in [0.25, 0.3) is 0 Å². The summed E-state index contributed by atoms with van der Waals surface area (Å²) < 4.78 is 15.5. The van der Waals surface area contributed by atoms with Gasteiger partial charge in [-0.3, -0.25) is 0 Å². The molecule has 0 spiro atoms. The molecule has 1 fully saturated rings. The molecule has 1 N–H and O–H groups in total. The summed E-state index contributed by atoms with van der Waals surface area (Å²) in [5, 5.41) is 8.51. The maximum atomic E-state index is 8.57. The minimum atomic E-state index is -0.132. The zero-order valence-corrected chi connectivity index (χ0v) is 9.82. The Morgan fingerprint density at radius 3 is 2.75 bits per heavy atom. The first-order valence-corrected chi connectivity index (χ1v) is 5.43. The van der Waals surface area contributed by atoms with Gasteiger partial charge in [0.15, 0.2) is 0 Å². The minimum Gasteiger partial charge on any atom is -0.394 e. The van der Waals surface area contributed by atoms with E-state index in [4.69, 9.17) is 35.7 Å². The number of epoxide rings is 1. The maximum Gasteiger partial charge on any atom is 0.116 e. The lowest BCUT2D eigenvalue weighted by molar-refractivity contribution is -0.0192. The molecule has 0 radical (unpaired) electrons. The molecule has 1 aliphatic rings. The molecule has 5 nitrogen and oxygen atoms in total. The van der Waals surface area contributed by atoms with Gasteiger partial charge in [-0.25, -0.2) is 4.79 Å². The third-order valence-corrected chi connectivity index (χ3v) is 1.97. The number of ether oxygens (including phenoxy) is 3. The largest absolute Gasteiger partial charge is 0.394 e. The van der Waals surface area contributed by atoms with Gasteiger partial charge in [-0.15, -0.1) is 11.6 Å². The van der Waals surface area contributed by atoms with Crippen LogP contribution in [0.25, 0.3) is 0 Å². The SMILES string of the molecule is C=C=O.OCCOC(CCl)COCC1CO1. The van der Waals surface area contributed by atoms with Crippen LogP contribution in [0, 0.1) is 0 Å². The van der Waals surface area contributed by atoms with Gasteiger partial charge in [0.2, 0.25) is 0 Å². The smallest absolute Gasteiger partial charge is 0.116 e. The van der Waals surface area contributed by atoms with E-state index in [1.54, 1.807) is 0 Å². The van der Waals surface area contributed by atoms with Gasteiger partial charge in [0.05, 0.1) is 45.0 Å². The molecule has 0 aromatic rings. The lowest BCUT2D eigenvalue weighted by Crippen LogP contribution is -2.24. The molecule has 0 aliphatic carbocycles. The van der Waals surface area contributed by atoms with Crippen molar-refractivity contribution >= 4 is 17.5 Å². The van der Waals surface area contributed by atoms with Gasteiger partial charge in [0.1, 0.15) is 12.0 Å². The van der Waals surface area contributed by atoms with Crippen molar-refractivity contribution in [1.29, 1.82) is 0 Å². The standard InChI is InChI=1S/C8H15ClO4.C2H2O/c9-3-7(12-2-1-10)4-11-5-8-6-13-8;1-2-3/h7-8,10H,1-6H2;1H2. The molecule has 1 saturated heterocycles. The van der Waals surface area contributed by atoms with Crippen LogP contribution in [0.4, 0.5) is 0 Å². The molecule has 1 aliphatic heterocycles. The van der Waals surface area contributed by atoms with E-state index >= 15 is 0 Å². The Labute approximate surface area is 99.9 Å². The first-order valence-electron chi connectivity index (χ1n) is 4.90. The monoisotopic (exact) mass is 252 g/mol. The van der Waals surface area contributed by atoms with Gasteiger partial charge in [-0.2, -0.15) is 0 Å². The van der Waals surface area contributed by atoms with E-state index in [-0.39, 0.29) is 18.8 Å². The van der Waals surface area contributed by atoms with Crippen LogP contribution in [-0.4, -0.2) is 62.2 Å². The van der Waals surface area contributed by atoms with Crippen LogP contribution >= 0.6 is 11.6 Å². The summed E-state index contributed by atoms with van der Waals surface area (Å²) in [5.74, 6) is 1.63. The van der Waals surface area contributed by atoms with Crippen molar-refractivity contribution in [2.75, 3.05) is 38.9 Å². The van der Waals surface area contributed by atoms with Crippen LogP contribution in [0.15, 0.2) is 6.58 Å². The number of carbonyl (C=O) groups excluding carboxylic acids is 1. The second-order valence-corrected chi connectivity index (χ2v) is 3.32. The summed E-state index contributed by atoms with van der Waals surface area (Å²) in [6.07, 6.45) is 0.140. The quantitative estimate of drug-likeness (QED) is 0.375. The van der Waals surface area contributed by atoms with Crippen LogP contribution in [0.2, 0.25) is 0 Å². The predicted octanol–water partition coefficient (Wildman–Crippen LogP) is 0.0221. The number of halogens is 1. The molecule has 2 atom stereocenters. The molecule has 0 aromatic heterocycles. The Kier molecular flexibility index (Phi) is 10.8. The van der Waals surface area contributed by atoms with E-state index < -0.39 is 0 Å². The number of rotatable bonds is 8. The Hall–Kier alpha value is -0.420. The lowest BCUT2D eigenvalue weighted by atomic mass is 10.4. The zero-order chi connectivity index (χ0) is 12.2. The van der Waals surface area contributed by atoms with Gasteiger partial charge < -0.3 is 19.3 Å². The number of hydrogen-bond acceptors (Lipinski definition) is 5. The molecule has 94 valence electrons. The fraction of sp³-hybridized carbons (Fsp3) is 0.800. The van der Waals surface area contributed by atoms with Crippen molar-refractivity contribution in [3.63, 3.8) is 0 Å². The van der Waals surface area contributed by atoms with E-state index in [1.165, 1.54) is 5.94 Å². The molecular formula is C10H17ClO5. The van der Waals surface area contributed by atoms with Crippen LogP contribution in [-0.2, 0) is 19.0 Å². The molecule has 6 heteroatoms. The van der Waals surface area contributed by atoms with E-state index in [9.17, 15) is 0 Å². The average Bonchev–Trinajstić information content (AvgIpc) is 3.08. The summed E-state index contributed by atoms with van der Waals surface area (Å²) in [7, 11) is 0. The Bertz CT molecular complexity index is 190. The highest BCUT2D eigenvalue weighted by molar-refractivity contribution is 6.18. The highest BCUT2D eigenvalue weighted by Gasteiger charge is 2.22. The summed E-state index contributed by atoms with van der Waals surface area (Å²) in [6.45, 7) is 4.86. The first-order chi connectivity index (χ1) is 7.78. The maximum absolute atomic E-state index is 8.57. The molecule has 0 amide bonds. The van der Waals surface area contributed by atoms with Gasteiger partial charge in [0, 0.05) is 0 Å². The van der Waals surface area contributed by atoms with Crippen molar-refractivity contribution in [1.82, 2.24) is 0 Å². The van der Waals surface area contributed by atoms with Gasteiger partial charge >= 0.3 is 0 Å². The number of alkyl halides is 1. The Morgan fingerprint density at radius 1 is 1.69 bits per heavy atom. The van der Waals surface area contributed by atoms with E-state index in [0.29, 0.717) is 25.7 Å². The lowest BCUT2D eigenvalue weighted by Gasteiger charge is -2.13. The fourth-order valence-electron chi connectivity index (χ4n) is 0.852. The fourth-order valence-corrected chi connectivity index (χ4v) is 1.03.